The molecule has 0 aliphatic carbocycles. The van der Waals surface area contributed by atoms with Crippen molar-refractivity contribution < 1.29 is 27.2 Å². The fourth-order valence-corrected chi connectivity index (χ4v) is 3.79. The molecule has 0 radical (unpaired) electrons. The molecule has 4 unspecified atom stereocenters. The van der Waals surface area contributed by atoms with Crippen LogP contribution in [-0.4, -0.2) is 30.3 Å². The van der Waals surface area contributed by atoms with Crippen LogP contribution in [0.4, 0.5) is 23.2 Å². The summed E-state index contributed by atoms with van der Waals surface area (Å²) in [5.74, 6) is -3.95. The molecule has 3 rings (SSSR count). The van der Waals surface area contributed by atoms with Gasteiger partial charge >= 0.3 is 0 Å². The molecular formula is C20H20F4N3O2P. The van der Waals surface area contributed by atoms with Crippen molar-refractivity contribution in [3.05, 3.63) is 65.0 Å². The second-order valence-corrected chi connectivity index (χ2v) is 7.69. The van der Waals surface area contributed by atoms with Crippen molar-refractivity contribution in [1.82, 2.24) is 4.90 Å². The predicted molar refractivity (Wildman–Crippen MR) is 106 cm³/mol. The van der Waals surface area contributed by atoms with Gasteiger partial charge in [-0.25, -0.2) is 28.4 Å². The minimum Gasteiger partial charge on any atom is -0.345 e. The van der Waals surface area contributed by atoms with Gasteiger partial charge in [0.15, 0.2) is 17.5 Å². The molecule has 0 aromatic heterocycles. The Morgan fingerprint density at radius 1 is 1.23 bits per heavy atom. The van der Waals surface area contributed by atoms with E-state index in [9.17, 15) is 27.2 Å². The van der Waals surface area contributed by atoms with E-state index < -0.39 is 52.7 Å². The number of nitrogens with zero attached hydrogens (tertiary/aromatic N) is 2. The Morgan fingerprint density at radius 2 is 1.93 bits per heavy atom. The summed E-state index contributed by atoms with van der Waals surface area (Å²) in [6.45, 7) is 0.349. The maximum absolute atomic E-state index is 14.1. The van der Waals surface area contributed by atoms with Crippen LogP contribution in [0.2, 0.25) is 0 Å². The lowest BCUT2D eigenvalue weighted by Crippen LogP contribution is -2.53. The molecule has 0 spiro atoms. The molecule has 1 saturated heterocycles. The number of hydrazine groups is 1. The summed E-state index contributed by atoms with van der Waals surface area (Å²) in [4.78, 5) is 27.3. The summed E-state index contributed by atoms with van der Waals surface area (Å²) >= 11 is 0. The molecule has 2 aromatic carbocycles. The van der Waals surface area contributed by atoms with E-state index in [0.29, 0.717) is 35.2 Å². The number of amides is 2. The summed E-state index contributed by atoms with van der Waals surface area (Å²) in [5.41, 5.74) is 0.212. The van der Waals surface area contributed by atoms with Gasteiger partial charge in [-0.05, 0) is 29.7 Å². The number of carbonyl (C=O) groups is 2. The van der Waals surface area contributed by atoms with E-state index in [2.05, 4.69) is 0 Å². The highest BCUT2D eigenvalue weighted by Crippen LogP contribution is 2.37. The number of anilines is 1. The van der Waals surface area contributed by atoms with Gasteiger partial charge in [-0.15, -0.1) is 0 Å². The summed E-state index contributed by atoms with van der Waals surface area (Å²) in [7, 11) is 3.53. The lowest BCUT2D eigenvalue weighted by Gasteiger charge is -2.37. The van der Waals surface area contributed by atoms with Gasteiger partial charge in [0.05, 0.1) is 5.69 Å². The molecule has 1 aliphatic heterocycles. The van der Waals surface area contributed by atoms with Crippen molar-refractivity contribution >= 4 is 26.7 Å². The Morgan fingerprint density at radius 3 is 2.60 bits per heavy atom. The zero-order chi connectivity index (χ0) is 22.2. The number of piperidine rings is 1. The third kappa shape index (κ3) is 4.04. The van der Waals surface area contributed by atoms with Gasteiger partial charge in [0.2, 0.25) is 5.91 Å². The number of hydrogen-bond donors (Lipinski definition) is 1. The van der Waals surface area contributed by atoms with Crippen molar-refractivity contribution in [2.24, 2.45) is 11.8 Å². The number of likely N-dealkylation sites (tertiary alicyclic amines) is 1. The first-order valence-corrected chi connectivity index (χ1v) is 9.76. The summed E-state index contributed by atoms with van der Waals surface area (Å²) in [6, 6.07) is 7.86. The summed E-state index contributed by atoms with van der Waals surface area (Å²) < 4.78 is 54.7. The van der Waals surface area contributed by atoms with Gasteiger partial charge in [-0.2, -0.15) is 0 Å². The van der Waals surface area contributed by atoms with Gasteiger partial charge in [0.1, 0.15) is 11.8 Å². The van der Waals surface area contributed by atoms with E-state index in [4.69, 9.17) is 5.84 Å². The highest BCUT2D eigenvalue weighted by Gasteiger charge is 2.43. The molecule has 0 saturated carbocycles. The molecule has 160 valence electrons. The second kappa shape index (κ2) is 8.70. The quantitative estimate of drug-likeness (QED) is 0.150. The van der Waals surface area contributed by atoms with Crippen molar-refractivity contribution in [3.63, 3.8) is 0 Å². The smallest absolute Gasteiger partial charge is 0.254 e. The van der Waals surface area contributed by atoms with Crippen molar-refractivity contribution in [1.29, 1.82) is 0 Å². The number of rotatable bonds is 4. The molecular weight excluding hydrogens is 421 g/mol. The average Bonchev–Trinajstić information content (AvgIpc) is 2.73. The van der Waals surface area contributed by atoms with Crippen molar-refractivity contribution in [2.45, 2.75) is 18.3 Å². The highest BCUT2D eigenvalue weighted by molar-refractivity contribution is 7.16. The number of halogens is 4. The average molecular weight is 441 g/mol. The fraction of sp³-hybridized carbons (Fsp3) is 0.300. The van der Waals surface area contributed by atoms with Crippen LogP contribution in [0.15, 0.2) is 36.4 Å². The van der Waals surface area contributed by atoms with Gasteiger partial charge < -0.3 is 4.90 Å². The number of hydrogen-bond acceptors (Lipinski definition) is 3. The third-order valence-electron chi connectivity index (χ3n) is 5.26. The van der Waals surface area contributed by atoms with Crippen LogP contribution in [0.5, 0.6) is 0 Å². The van der Waals surface area contributed by atoms with Crippen LogP contribution in [0.1, 0.15) is 29.4 Å². The van der Waals surface area contributed by atoms with E-state index >= 15 is 0 Å². The van der Waals surface area contributed by atoms with Crippen LogP contribution in [0.3, 0.4) is 0 Å². The zero-order valence-electron chi connectivity index (χ0n) is 16.0. The molecule has 1 aliphatic rings. The third-order valence-corrected chi connectivity index (χ3v) is 5.64. The van der Waals surface area contributed by atoms with E-state index in [0.717, 1.165) is 6.07 Å². The van der Waals surface area contributed by atoms with Crippen LogP contribution in [-0.2, 0) is 9.59 Å². The predicted octanol–water partition coefficient (Wildman–Crippen LogP) is 3.42. The molecule has 10 heteroatoms. The Bertz CT molecular complexity index is 989. The molecule has 2 aromatic rings. The van der Waals surface area contributed by atoms with E-state index in [-0.39, 0.29) is 0 Å². The fourth-order valence-electron chi connectivity index (χ4n) is 3.59. The van der Waals surface area contributed by atoms with Crippen molar-refractivity contribution in [3.8, 4) is 0 Å². The Kier molecular flexibility index (Phi) is 6.43. The number of benzene rings is 2. The number of alkyl halides is 1. The molecule has 2 amide bonds. The highest BCUT2D eigenvalue weighted by atomic mass is 31.0. The molecule has 5 nitrogen and oxygen atoms in total. The van der Waals surface area contributed by atoms with Gasteiger partial charge in [-0.1, -0.05) is 33.5 Å². The second-order valence-electron chi connectivity index (χ2n) is 7.11. The number of carbonyl (C=O) groups excluding carboxylic acids is 2. The Balaban J connectivity index is 2.00. The first-order chi connectivity index (χ1) is 14.1. The van der Waals surface area contributed by atoms with E-state index in [1.165, 1.54) is 11.9 Å². The standard InChI is InChI=1S/C20H20F4N3O2P/c1-26-8-7-12(10-3-2-4-11(9-10)18(24)30)15(19(26)28)20(29)27(25)14-6-5-13(21)16(22)17(14)23/h2-6,9,12,15,18H,7-8,25,30H2,1H3. The monoisotopic (exact) mass is 441 g/mol. The molecule has 1 fully saturated rings. The molecule has 30 heavy (non-hydrogen) atoms. The lowest BCUT2D eigenvalue weighted by molar-refractivity contribution is -0.144. The molecule has 2 N–H and O–H groups in total. The minimum absolute atomic E-state index is 0.323. The van der Waals surface area contributed by atoms with Crippen LogP contribution >= 0.6 is 9.24 Å². The first kappa shape index (κ1) is 22.2. The van der Waals surface area contributed by atoms with Crippen LogP contribution in [0.25, 0.3) is 0 Å². The largest absolute Gasteiger partial charge is 0.345 e. The Labute approximate surface area is 173 Å². The zero-order valence-corrected chi connectivity index (χ0v) is 17.1. The lowest BCUT2D eigenvalue weighted by atomic mass is 9.79. The SMILES string of the molecule is CN1CCC(c2cccc(C(F)P)c2)C(C(=O)N(N)c2ccc(F)c(F)c2F)C1=O. The maximum Gasteiger partial charge on any atom is 0.254 e. The van der Waals surface area contributed by atoms with E-state index in [1.54, 1.807) is 24.3 Å². The molecule has 0 bridgehead atoms. The van der Waals surface area contributed by atoms with Crippen LogP contribution < -0.4 is 10.9 Å². The summed E-state index contributed by atoms with van der Waals surface area (Å²) in [5, 5.41) is 0.323. The topological polar surface area (TPSA) is 66.6 Å². The Hall–Kier alpha value is -2.51. The summed E-state index contributed by atoms with van der Waals surface area (Å²) in [6.07, 6.45) is 0.379. The first-order valence-electron chi connectivity index (χ1n) is 9.10. The minimum atomic E-state index is -1.78. The molecule has 1 heterocycles. The van der Waals surface area contributed by atoms with Crippen molar-refractivity contribution in [2.75, 3.05) is 18.6 Å². The van der Waals surface area contributed by atoms with E-state index in [1.807, 2.05) is 9.24 Å². The molecule has 4 atom stereocenters. The van der Waals surface area contributed by atoms with Gasteiger partial charge in [0.25, 0.3) is 5.91 Å². The number of nitrogens with two attached hydrogens (primary N) is 1. The van der Waals surface area contributed by atoms with Gasteiger partial charge in [0, 0.05) is 19.5 Å². The normalized spacial score (nSPS) is 20.2. The van der Waals surface area contributed by atoms with Gasteiger partial charge in [-0.3, -0.25) is 9.59 Å². The van der Waals surface area contributed by atoms with Crippen LogP contribution in [0, 0.1) is 23.4 Å². The maximum atomic E-state index is 14.1.